The Labute approximate surface area is 127 Å². The zero-order valence-electron chi connectivity index (χ0n) is 13.7. The van der Waals surface area contributed by atoms with Crippen molar-refractivity contribution in [3.05, 3.63) is 0 Å². The topological polar surface area (TPSA) is 87.5 Å². The summed E-state index contributed by atoms with van der Waals surface area (Å²) in [5.41, 5.74) is 5.71. The van der Waals surface area contributed by atoms with E-state index in [2.05, 4.69) is 29.4 Å². The maximum absolute atomic E-state index is 11.7. The Morgan fingerprint density at radius 3 is 2.43 bits per heavy atom. The molecule has 21 heavy (non-hydrogen) atoms. The Hall–Kier alpha value is -1.14. The molecule has 4 N–H and O–H groups in total. The minimum atomic E-state index is -0.563. The monoisotopic (exact) mass is 298 g/mol. The maximum atomic E-state index is 11.7. The van der Waals surface area contributed by atoms with Crippen LogP contribution in [0.2, 0.25) is 0 Å². The molecule has 1 aliphatic heterocycles. The van der Waals surface area contributed by atoms with Crippen LogP contribution in [0.4, 0.5) is 0 Å². The van der Waals surface area contributed by atoms with Crippen molar-refractivity contribution in [2.75, 3.05) is 26.2 Å². The molecule has 0 spiro atoms. The standard InChI is InChI=1S/C15H30N4O2/c1-10(2)14(16)15(21)18-8-13(20)17-7-12-5-6-19(9-12)11(3)4/h10-12,14H,5-9,16H2,1-4H3,(H,17,20)(H,18,21)/t12?,14-/m0/s1. The molecule has 1 aliphatic rings. The lowest BCUT2D eigenvalue weighted by molar-refractivity contribution is -0.127. The third-order valence-electron chi connectivity index (χ3n) is 4.08. The third-order valence-corrected chi connectivity index (χ3v) is 4.08. The van der Waals surface area contributed by atoms with Gasteiger partial charge >= 0.3 is 0 Å². The summed E-state index contributed by atoms with van der Waals surface area (Å²) >= 11 is 0. The van der Waals surface area contributed by atoms with Gasteiger partial charge in [0.05, 0.1) is 12.6 Å². The van der Waals surface area contributed by atoms with Gasteiger partial charge < -0.3 is 21.3 Å². The second-order valence-corrected chi connectivity index (χ2v) is 6.54. The SMILES string of the molecule is CC(C)[C@H](N)C(=O)NCC(=O)NCC1CCN(C(C)C)C1. The van der Waals surface area contributed by atoms with E-state index in [4.69, 9.17) is 5.73 Å². The molecule has 1 saturated heterocycles. The molecule has 1 fully saturated rings. The highest BCUT2D eigenvalue weighted by molar-refractivity contribution is 5.87. The van der Waals surface area contributed by atoms with Crippen LogP contribution in [0, 0.1) is 11.8 Å². The molecule has 122 valence electrons. The quantitative estimate of drug-likeness (QED) is 0.614. The molecule has 0 aromatic carbocycles. The van der Waals surface area contributed by atoms with Gasteiger partial charge in [-0.2, -0.15) is 0 Å². The van der Waals surface area contributed by atoms with E-state index in [9.17, 15) is 9.59 Å². The highest BCUT2D eigenvalue weighted by Gasteiger charge is 2.24. The van der Waals surface area contributed by atoms with Gasteiger partial charge in [0.25, 0.3) is 0 Å². The highest BCUT2D eigenvalue weighted by Crippen LogP contribution is 2.17. The molecule has 0 radical (unpaired) electrons. The molecule has 0 aromatic rings. The van der Waals surface area contributed by atoms with Gasteiger partial charge in [-0.3, -0.25) is 9.59 Å². The number of nitrogens with zero attached hydrogens (tertiary/aromatic N) is 1. The Morgan fingerprint density at radius 1 is 1.24 bits per heavy atom. The van der Waals surface area contributed by atoms with Gasteiger partial charge in [0.15, 0.2) is 0 Å². The Balaban J connectivity index is 2.19. The molecular formula is C15H30N4O2. The van der Waals surface area contributed by atoms with Gasteiger partial charge in [0.1, 0.15) is 0 Å². The van der Waals surface area contributed by atoms with E-state index in [0.717, 1.165) is 19.5 Å². The number of hydrogen-bond acceptors (Lipinski definition) is 4. The molecule has 1 heterocycles. The van der Waals surface area contributed by atoms with Crippen LogP contribution in [0.15, 0.2) is 0 Å². The van der Waals surface area contributed by atoms with Crippen LogP contribution < -0.4 is 16.4 Å². The molecule has 2 atom stereocenters. The molecule has 0 aliphatic carbocycles. The van der Waals surface area contributed by atoms with Crippen molar-refractivity contribution in [3.8, 4) is 0 Å². The second kappa shape index (κ2) is 8.34. The predicted octanol–water partition coefficient (Wildman–Crippen LogP) is -0.0676. The molecule has 6 nitrogen and oxygen atoms in total. The maximum Gasteiger partial charge on any atom is 0.239 e. The first-order chi connectivity index (χ1) is 9.81. The number of rotatable bonds is 7. The van der Waals surface area contributed by atoms with E-state index in [1.165, 1.54) is 0 Å². The van der Waals surface area contributed by atoms with Crippen LogP contribution in [0.25, 0.3) is 0 Å². The largest absolute Gasteiger partial charge is 0.354 e. The number of nitrogens with one attached hydrogen (secondary N) is 2. The minimum Gasteiger partial charge on any atom is -0.354 e. The van der Waals surface area contributed by atoms with Crippen molar-refractivity contribution in [2.24, 2.45) is 17.6 Å². The van der Waals surface area contributed by atoms with Crippen molar-refractivity contribution in [3.63, 3.8) is 0 Å². The summed E-state index contributed by atoms with van der Waals surface area (Å²) in [6, 6.07) is -0.00487. The Morgan fingerprint density at radius 2 is 1.90 bits per heavy atom. The van der Waals surface area contributed by atoms with E-state index in [1.807, 2.05) is 13.8 Å². The first-order valence-electron chi connectivity index (χ1n) is 7.85. The van der Waals surface area contributed by atoms with E-state index in [1.54, 1.807) is 0 Å². The van der Waals surface area contributed by atoms with Crippen molar-refractivity contribution < 1.29 is 9.59 Å². The minimum absolute atomic E-state index is 0.000131. The fourth-order valence-corrected chi connectivity index (χ4v) is 2.41. The Bertz CT molecular complexity index is 358. The molecule has 1 unspecified atom stereocenters. The van der Waals surface area contributed by atoms with Crippen LogP contribution in [-0.2, 0) is 9.59 Å². The Kier molecular flexibility index (Phi) is 7.11. The number of hydrogen-bond donors (Lipinski definition) is 3. The number of likely N-dealkylation sites (tertiary alicyclic amines) is 1. The van der Waals surface area contributed by atoms with Crippen LogP contribution >= 0.6 is 0 Å². The smallest absolute Gasteiger partial charge is 0.239 e. The molecule has 1 rings (SSSR count). The zero-order chi connectivity index (χ0) is 16.0. The normalized spacial score (nSPS) is 20.8. The summed E-state index contributed by atoms with van der Waals surface area (Å²) in [6.07, 6.45) is 1.11. The van der Waals surface area contributed by atoms with Gasteiger partial charge in [0.2, 0.25) is 11.8 Å². The number of carbonyl (C=O) groups excluding carboxylic acids is 2. The van der Waals surface area contributed by atoms with Crippen LogP contribution in [0.1, 0.15) is 34.1 Å². The second-order valence-electron chi connectivity index (χ2n) is 6.54. The van der Waals surface area contributed by atoms with Crippen molar-refractivity contribution in [1.29, 1.82) is 0 Å². The van der Waals surface area contributed by atoms with E-state index in [0.29, 0.717) is 18.5 Å². The lowest BCUT2D eigenvalue weighted by atomic mass is 10.1. The average Bonchev–Trinajstić information content (AvgIpc) is 2.90. The summed E-state index contributed by atoms with van der Waals surface area (Å²) in [6.45, 7) is 10.9. The lowest BCUT2D eigenvalue weighted by Crippen LogP contribution is -2.47. The summed E-state index contributed by atoms with van der Waals surface area (Å²) in [5, 5.41) is 5.47. The third kappa shape index (κ3) is 6.01. The number of carbonyl (C=O) groups is 2. The fraction of sp³-hybridized carbons (Fsp3) is 0.867. The fourth-order valence-electron chi connectivity index (χ4n) is 2.41. The molecule has 0 saturated carbocycles. The highest BCUT2D eigenvalue weighted by atomic mass is 16.2. The number of amides is 2. The first kappa shape index (κ1) is 17.9. The van der Waals surface area contributed by atoms with Crippen molar-refractivity contribution in [1.82, 2.24) is 15.5 Å². The average molecular weight is 298 g/mol. The zero-order valence-corrected chi connectivity index (χ0v) is 13.7. The summed E-state index contributed by atoms with van der Waals surface area (Å²) < 4.78 is 0. The van der Waals surface area contributed by atoms with Gasteiger partial charge in [0, 0.05) is 19.1 Å². The van der Waals surface area contributed by atoms with Crippen LogP contribution in [0.5, 0.6) is 0 Å². The summed E-state index contributed by atoms with van der Waals surface area (Å²) in [5.74, 6) is 0.146. The van der Waals surface area contributed by atoms with Gasteiger partial charge in [-0.05, 0) is 38.6 Å². The molecule has 2 amide bonds. The van der Waals surface area contributed by atoms with Gasteiger partial charge in [-0.25, -0.2) is 0 Å². The first-order valence-corrected chi connectivity index (χ1v) is 7.85. The van der Waals surface area contributed by atoms with E-state index in [-0.39, 0.29) is 24.3 Å². The van der Waals surface area contributed by atoms with Gasteiger partial charge in [-0.15, -0.1) is 0 Å². The predicted molar refractivity (Wildman–Crippen MR) is 83.6 cm³/mol. The van der Waals surface area contributed by atoms with Crippen LogP contribution in [-0.4, -0.2) is 55.0 Å². The van der Waals surface area contributed by atoms with Gasteiger partial charge in [-0.1, -0.05) is 13.8 Å². The summed E-state index contributed by atoms with van der Waals surface area (Å²) in [4.78, 5) is 25.8. The van der Waals surface area contributed by atoms with E-state index < -0.39 is 6.04 Å². The van der Waals surface area contributed by atoms with Crippen LogP contribution in [0.3, 0.4) is 0 Å². The summed E-state index contributed by atoms with van der Waals surface area (Å²) in [7, 11) is 0. The van der Waals surface area contributed by atoms with E-state index >= 15 is 0 Å². The van der Waals surface area contributed by atoms with Crippen molar-refractivity contribution in [2.45, 2.75) is 46.2 Å². The molecule has 0 bridgehead atoms. The lowest BCUT2D eigenvalue weighted by Gasteiger charge is -2.20. The number of nitrogens with two attached hydrogens (primary N) is 1. The van der Waals surface area contributed by atoms with Crippen molar-refractivity contribution >= 4 is 11.8 Å². The molecular weight excluding hydrogens is 268 g/mol. The molecule has 6 heteroatoms. The molecule has 0 aromatic heterocycles.